The van der Waals surface area contributed by atoms with Crippen molar-refractivity contribution >= 4 is 39.2 Å². The summed E-state index contributed by atoms with van der Waals surface area (Å²) < 4.78 is 4.99. The first-order valence-electron chi connectivity index (χ1n) is 8.98. The number of anilines is 1. The van der Waals surface area contributed by atoms with Crippen molar-refractivity contribution in [1.82, 2.24) is 14.9 Å². The van der Waals surface area contributed by atoms with Gasteiger partial charge < -0.3 is 15.0 Å². The van der Waals surface area contributed by atoms with E-state index in [1.807, 2.05) is 30.3 Å². The predicted molar refractivity (Wildman–Crippen MR) is 110 cm³/mol. The number of rotatable bonds is 4. The van der Waals surface area contributed by atoms with E-state index in [1.165, 1.54) is 24.8 Å². The second kappa shape index (κ2) is 7.89. The monoisotopic (exact) mass is 406 g/mol. The summed E-state index contributed by atoms with van der Waals surface area (Å²) in [5, 5.41) is 4.05. The molecule has 0 saturated carbocycles. The van der Waals surface area contributed by atoms with Crippen LogP contribution in [0.15, 0.2) is 36.7 Å². The summed E-state index contributed by atoms with van der Waals surface area (Å²) in [6, 6.07) is 8.62. The first kappa shape index (κ1) is 18.9. The number of ether oxygens (including phenoxy) is 1. The van der Waals surface area contributed by atoms with Gasteiger partial charge in [0.05, 0.1) is 19.0 Å². The average molecular weight is 406 g/mol. The van der Waals surface area contributed by atoms with Crippen molar-refractivity contribution in [2.75, 3.05) is 12.4 Å². The molecule has 2 aromatic heterocycles. The molecule has 3 aromatic rings. The highest BCUT2D eigenvalue weighted by Gasteiger charge is 2.30. The van der Waals surface area contributed by atoms with Crippen LogP contribution in [-0.2, 0) is 27.4 Å². The van der Waals surface area contributed by atoms with Crippen LogP contribution in [0.1, 0.15) is 29.0 Å². The van der Waals surface area contributed by atoms with Crippen LogP contribution in [0.5, 0.6) is 0 Å². The van der Waals surface area contributed by atoms with Crippen LogP contribution in [0.4, 0.5) is 5.82 Å². The summed E-state index contributed by atoms with van der Waals surface area (Å²) in [5.41, 5.74) is 1.77. The molecule has 0 bridgehead atoms. The highest BCUT2D eigenvalue weighted by molar-refractivity contribution is 7.19. The number of amides is 1. The third-order valence-corrected chi connectivity index (χ3v) is 5.85. The molecule has 146 valence electrons. The number of hydrogen-bond acceptors (Lipinski definition) is 7. The zero-order valence-electron chi connectivity index (χ0n) is 15.9. The van der Waals surface area contributed by atoms with E-state index in [1.54, 1.807) is 11.8 Å². The molecule has 1 N–H and O–H groups in total. The summed E-state index contributed by atoms with van der Waals surface area (Å²) in [4.78, 5) is 37.0. The Kier molecular flexibility index (Phi) is 5.14. The van der Waals surface area contributed by atoms with E-state index in [2.05, 4.69) is 27.1 Å². The molecule has 0 radical (unpaired) electrons. The average Bonchev–Trinajstić information content (AvgIpc) is 3.30. The number of esters is 1. The van der Waals surface area contributed by atoms with Crippen LogP contribution in [0, 0.1) is 11.8 Å². The molecule has 1 aliphatic rings. The highest BCUT2D eigenvalue weighted by atomic mass is 32.1. The van der Waals surface area contributed by atoms with Gasteiger partial charge in [0.1, 0.15) is 17.0 Å². The molecule has 3 heterocycles. The molecule has 0 fully saturated rings. The molecule has 29 heavy (non-hydrogen) atoms. The SMILES string of the molecule is CC#CC(=O)N1Cc2sc3ncnc(N[C@H](C(=O)OC)c4ccccc4)c3c2C1. The summed E-state index contributed by atoms with van der Waals surface area (Å²) in [6.45, 7) is 2.59. The minimum atomic E-state index is -0.708. The first-order valence-corrected chi connectivity index (χ1v) is 9.80. The molecule has 7 nitrogen and oxygen atoms in total. The fraction of sp³-hybridized carbons (Fsp3) is 0.238. The van der Waals surface area contributed by atoms with Gasteiger partial charge in [-0.15, -0.1) is 11.3 Å². The third kappa shape index (κ3) is 3.52. The number of carbonyl (C=O) groups excluding carboxylic acids is 2. The van der Waals surface area contributed by atoms with Crippen LogP contribution >= 0.6 is 11.3 Å². The van der Waals surface area contributed by atoms with Gasteiger partial charge in [0, 0.05) is 17.0 Å². The number of benzene rings is 1. The van der Waals surface area contributed by atoms with Crippen molar-refractivity contribution in [2.45, 2.75) is 26.1 Å². The number of thiophene rings is 1. The maximum atomic E-state index is 12.4. The van der Waals surface area contributed by atoms with Gasteiger partial charge in [0.2, 0.25) is 0 Å². The van der Waals surface area contributed by atoms with Gasteiger partial charge in [0.15, 0.2) is 6.04 Å². The third-order valence-electron chi connectivity index (χ3n) is 4.72. The standard InChI is InChI=1S/C21H18N4O3S/c1-3-7-16(26)25-10-14-15(11-25)29-20-17(14)19(22-12-23-20)24-18(21(27)28-2)13-8-5-4-6-9-13/h4-6,8-9,12,18H,10-11H2,1-2H3,(H,22,23,24)/t18-/m0/s1. The van der Waals surface area contributed by atoms with E-state index in [4.69, 9.17) is 4.74 Å². The van der Waals surface area contributed by atoms with Gasteiger partial charge >= 0.3 is 5.97 Å². The summed E-state index contributed by atoms with van der Waals surface area (Å²) in [5.74, 6) is 5.16. The van der Waals surface area contributed by atoms with Gasteiger partial charge in [0.25, 0.3) is 5.91 Å². The molecule has 1 amide bonds. The minimum absolute atomic E-state index is 0.202. The molecule has 1 atom stereocenters. The number of nitrogens with zero attached hydrogens (tertiary/aromatic N) is 3. The zero-order valence-corrected chi connectivity index (χ0v) is 16.7. The topological polar surface area (TPSA) is 84.4 Å². The molecule has 8 heteroatoms. The minimum Gasteiger partial charge on any atom is -0.467 e. The van der Waals surface area contributed by atoms with Crippen molar-refractivity contribution in [1.29, 1.82) is 0 Å². The lowest BCUT2D eigenvalue weighted by molar-refractivity contribution is -0.141. The Hall–Kier alpha value is -3.44. The van der Waals surface area contributed by atoms with Gasteiger partial charge in [-0.1, -0.05) is 36.3 Å². The van der Waals surface area contributed by atoms with Crippen LogP contribution in [0.3, 0.4) is 0 Å². The molecular weight excluding hydrogens is 388 g/mol. The first-order chi connectivity index (χ1) is 14.1. The Morgan fingerprint density at radius 2 is 2.03 bits per heavy atom. The Morgan fingerprint density at radius 1 is 1.24 bits per heavy atom. The normalized spacial score (nSPS) is 13.4. The molecule has 0 saturated heterocycles. The van der Waals surface area contributed by atoms with Crippen LogP contribution in [0.25, 0.3) is 10.2 Å². The summed E-state index contributed by atoms with van der Waals surface area (Å²) in [6.07, 6.45) is 1.47. The Balaban J connectivity index is 1.72. The van der Waals surface area contributed by atoms with Crippen molar-refractivity contribution < 1.29 is 14.3 Å². The van der Waals surface area contributed by atoms with Gasteiger partial charge in [-0.2, -0.15) is 0 Å². The van der Waals surface area contributed by atoms with E-state index in [0.717, 1.165) is 26.2 Å². The number of hydrogen-bond donors (Lipinski definition) is 1. The lowest BCUT2D eigenvalue weighted by atomic mass is 10.1. The number of methoxy groups -OCH3 is 1. The Morgan fingerprint density at radius 3 is 2.76 bits per heavy atom. The molecule has 0 unspecified atom stereocenters. The van der Waals surface area contributed by atoms with E-state index < -0.39 is 12.0 Å². The van der Waals surface area contributed by atoms with Crippen molar-refractivity contribution in [3.05, 3.63) is 52.7 Å². The smallest absolute Gasteiger partial charge is 0.333 e. The number of nitrogens with one attached hydrogen (secondary N) is 1. The molecular formula is C21H18N4O3S. The Bertz CT molecular complexity index is 1150. The molecule has 1 aromatic carbocycles. The quantitative estimate of drug-likeness (QED) is 0.530. The van der Waals surface area contributed by atoms with Crippen molar-refractivity contribution in [2.24, 2.45) is 0 Å². The lowest BCUT2D eigenvalue weighted by Crippen LogP contribution is -2.24. The van der Waals surface area contributed by atoms with Gasteiger partial charge in [-0.25, -0.2) is 14.8 Å². The van der Waals surface area contributed by atoms with E-state index >= 15 is 0 Å². The highest BCUT2D eigenvalue weighted by Crippen LogP contribution is 2.40. The van der Waals surface area contributed by atoms with Crippen molar-refractivity contribution in [3.8, 4) is 11.8 Å². The second-order valence-corrected chi connectivity index (χ2v) is 7.54. The van der Waals surface area contributed by atoms with Gasteiger partial charge in [-0.05, 0) is 18.4 Å². The number of fused-ring (bicyclic) bond motifs is 3. The molecule has 0 aliphatic carbocycles. The number of carbonyl (C=O) groups is 2. The predicted octanol–water partition coefficient (Wildman–Crippen LogP) is 2.88. The van der Waals surface area contributed by atoms with E-state index in [0.29, 0.717) is 18.9 Å². The lowest BCUT2D eigenvalue weighted by Gasteiger charge is -2.18. The summed E-state index contributed by atoms with van der Waals surface area (Å²) >= 11 is 1.53. The number of aromatic nitrogens is 2. The summed E-state index contributed by atoms with van der Waals surface area (Å²) in [7, 11) is 1.36. The van der Waals surface area contributed by atoms with Gasteiger partial charge in [-0.3, -0.25) is 4.79 Å². The molecule has 1 aliphatic heterocycles. The maximum absolute atomic E-state index is 12.4. The fourth-order valence-electron chi connectivity index (χ4n) is 3.37. The van der Waals surface area contributed by atoms with Crippen LogP contribution in [-0.4, -0.2) is 33.9 Å². The van der Waals surface area contributed by atoms with Crippen LogP contribution < -0.4 is 5.32 Å². The largest absolute Gasteiger partial charge is 0.467 e. The molecule has 4 rings (SSSR count). The zero-order chi connectivity index (χ0) is 20.4. The molecule has 0 spiro atoms. The van der Waals surface area contributed by atoms with Crippen molar-refractivity contribution in [3.63, 3.8) is 0 Å². The van der Waals surface area contributed by atoms with Crippen LogP contribution in [0.2, 0.25) is 0 Å². The Labute approximate surface area is 171 Å². The maximum Gasteiger partial charge on any atom is 0.333 e. The van der Waals surface area contributed by atoms with E-state index in [-0.39, 0.29) is 5.91 Å². The van der Waals surface area contributed by atoms with E-state index in [9.17, 15) is 9.59 Å². The second-order valence-electron chi connectivity index (χ2n) is 6.45. The fourth-order valence-corrected chi connectivity index (χ4v) is 4.53.